The van der Waals surface area contributed by atoms with E-state index in [9.17, 15) is 4.79 Å². The van der Waals surface area contributed by atoms with Crippen LogP contribution in [0.2, 0.25) is 0 Å². The first-order valence-electron chi connectivity index (χ1n) is 9.87. The maximum atomic E-state index is 11.9. The zero-order valence-electron chi connectivity index (χ0n) is 15.6. The van der Waals surface area contributed by atoms with Crippen molar-refractivity contribution in [2.24, 2.45) is 5.73 Å². The van der Waals surface area contributed by atoms with E-state index in [0.717, 1.165) is 41.8 Å². The van der Waals surface area contributed by atoms with Crippen molar-refractivity contribution < 1.29 is 4.79 Å². The number of anilines is 1. The Labute approximate surface area is 163 Å². The van der Waals surface area contributed by atoms with Gasteiger partial charge in [-0.3, -0.25) is 14.7 Å². The van der Waals surface area contributed by atoms with E-state index in [0.29, 0.717) is 23.7 Å². The summed E-state index contributed by atoms with van der Waals surface area (Å²) in [6, 6.07) is 9.45. The van der Waals surface area contributed by atoms with Gasteiger partial charge in [-0.15, -0.1) is 0 Å². The Hall–Kier alpha value is -2.93. The number of H-pyrrole nitrogens is 1. The molecule has 2 atom stereocenters. The van der Waals surface area contributed by atoms with Gasteiger partial charge in [-0.05, 0) is 43.9 Å². The Morgan fingerprint density at radius 1 is 1.21 bits per heavy atom. The molecule has 0 saturated carbocycles. The first kappa shape index (κ1) is 17.2. The number of carbonyl (C=O) groups excluding carboxylic acids is 1. The van der Waals surface area contributed by atoms with Gasteiger partial charge in [-0.25, -0.2) is 4.98 Å². The highest BCUT2D eigenvalue weighted by Gasteiger charge is 2.41. The summed E-state index contributed by atoms with van der Waals surface area (Å²) in [4.78, 5) is 26.5. The molecular weight excluding hydrogens is 352 g/mol. The molecule has 3 aromatic heterocycles. The molecule has 0 radical (unpaired) electrons. The van der Waals surface area contributed by atoms with Crippen LogP contribution in [0.25, 0.3) is 11.0 Å². The fourth-order valence-electron chi connectivity index (χ4n) is 4.88. The smallest absolute Gasteiger partial charge is 0.252 e. The van der Waals surface area contributed by atoms with Gasteiger partial charge in [0.05, 0.1) is 16.9 Å². The molecule has 1 amide bonds. The molecule has 3 aromatic rings. The Morgan fingerprint density at radius 2 is 2.04 bits per heavy atom. The van der Waals surface area contributed by atoms with Crippen molar-refractivity contribution in [1.29, 1.82) is 0 Å². The number of pyridine rings is 2. The standard InChI is InChI=1S/C21H24N6O/c22-20(28)18-11-25-21-17(6-8-24-21)19(18)26-14-9-15-4-5-16(10-14)27(15)12-13-3-1-2-7-23-13/h1-3,6-8,11,14-16H,4-5,9-10,12H2,(H2,22,28)(H2,24,25,26)/t15-,16-/m0/s1. The molecule has 2 saturated heterocycles. The van der Waals surface area contributed by atoms with Crippen molar-refractivity contribution in [1.82, 2.24) is 19.9 Å². The molecule has 7 heteroatoms. The first-order chi connectivity index (χ1) is 13.7. The van der Waals surface area contributed by atoms with E-state index in [1.165, 1.54) is 12.8 Å². The van der Waals surface area contributed by atoms with Crippen LogP contribution in [0.4, 0.5) is 5.69 Å². The Morgan fingerprint density at radius 3 is 2.75 bits per heavy atom. The second-order valence-corrected chi connectivity index (χ2v) is 7.84. The summed E-state index contributed by atoms with van der Waals surface area (Å²) >= 11 is 0. The molecule has 2 bridgehead atoms. The number of hydrogen-bond acceptors (Lipinski definition) is 5. The van der Waals surface area contributed by atoms with Crippen LogP contribution in [0, 0.1) is 0 Å². The number of primary amides is 1. The van der Waals surface area contributed by atoms with Gasteiger partial charge < -0.3 is 16.0 Å². The number of fused-ring (bicyclic) bond motifs is 3. The number of nitrogens with zero attached hydrogens (tertiary/aromatic N) is 3. The summed E-state index contributed by atoms with van der Waals surface area (Å²) in [6.45, 7) is 0.909. The molecule has 5 heterocycles. The zero-order chi connectivity index (χ0) is 19.1. The molecule has 0 unspecified atom stereocenters. The second kappa shape index (κ2) is 6.91. The monoisotopic (exact) mass is 376 g/mol. The number of carbonyl (C=O) groups is 1. The van der Waals surface area contributed by atoms with Gasteiger partial charge in [0.1, 0.15) is 5.65 Å². The highest BCUT2D eigenvalue weighted by molar-refractivity contribution is 6.05. The topological polar surface area (TPSA) is 99.9 Å². The average molecular weight is 376 g/mol. The number of aromatic amines is 1. The van der Waals surface area contributed by atoms with E-state index in [4.69, 9.17) is 5.73 Å². The summed E-state index contributed by atoms with van der Waals surface area (Å²) in [6.07, 6.45) is 9.80. The van der Waals surface area contributed by atoms with Crippen molar-refractivity contribution in [2.75, 3.05) is 5.32 Å². The van der Waals surface area contributed by atoms with Crippen LogP contribution in [0.5, 0.6) is 0 Å². The summed E-state index contributed by atoms with van der Waals surface area (Å²) < 4.78 is 0. The van der Waals surface area contributed by atoms with Gasteiger partial charge in [0.15, 0.2) is 0 Å². The van der Waals surface area contributed by atoms with E-state index in [2.05, 4.69) is 37.3 Å². The maximum absolute atomic E-state index is 11.9. The van der Waals surface area contributed by atoms with E-state index < -0.39 is 5.91 Å². The van der Waals surface area contributed by atoms with Crippen molar-refractivity contribution in [2.45, 2.75) is 50.4 Å². The molecule has 0 aliphatic carbocycles. The van der Waals surface area contributed by atoms with E-state index in [1.54, 1.807) is 6.20 Å². The number of nitrogens with one attached hydrogen (secondary N) is 2. The third kappa shape index (κ3) is 3.01. The lowest BCUT2D eigenvalue weighted by atomic mass is 9.96. The number of piperidine rings is 1. The summed E-state index contributed by atoms with van der Waals surface area (Å²) in [7, 11) is 0. The van der Waals surface area contributed by atoms with Gasteiger partial charge in [-0.1, -0.05) is 6.07 Å². The summed E-state index contributed by atoms with van der Waals surface area (Å²) in [5, 5.41) is 4.56. The minimum Gasteiger partial charge on any atom is -0.381 e. The summed E-state index contributed by atoms with van der Waals surface area (Å²) in [5.74, 6) is -0.450. The lowest BCUT2D eigenvalue weighted by Crippen LogP contribution is -2.46. The van der Waals surface area contributed by atoms with Crippen LogP contribution in [0.1, 0.15) is 41.7 Å². The minimum absolute atomic E-state index is 0.316. The van der Waals surface area contributed by atoms with Crippen LogP contribution in [0.3, 0.4) is 0 Å². The maximum Gasteiger partial charge on any atom is 0.252 e. The number of rotatable bonds is 5. The van der Waals surface area contributed by atoms with E-state index >= 15 is 0 Å². The molecule has 0 spiro atoms. The predicted octanol–water partition coefficient (Wildman–Crippen LogP) is 2.66. The molecule has 5 rings (SSSR count). The molecule has 2 fully saturated rings. The first-order valence-corrected chi connectivity index (χ1v) is 9.87. The van der Waals surface area contributed by atoms with Gasteiger partial charge in [0.2, 0.25) is 0 Å². The van der Waals surface area contributed by atoms with Crippen LogP contribution >= 0.6 is 0 Å². The Kier molecular flexibility index (Phi) is 4.24. The van der Waals surface area contributed by atoms with Crippen molar-refractivity contribution in [3.8, 4) is 0 Å². The number of amides is 1. The van der Waals surface area contributed by atoms with Crippen molar-refractivity contribution in [3.05, 3.63) is 54.1 Å². The number of hydrogen-bond donors (Lipinski definition) is 3. The predicted molar refractivity (Wildman–Crippen MR) is 108 cm³/mol. The van der Waals surface area contributed by atoms with Crippen molar-refractivity contribution >= 4 is 22.6 Å². The van der Waals surface area contributed by atoms with Crippen LogP contribution in [-0.4, -0.2) is 43.9 Å². The van der Waals surface area contributed by atoms with Crippen molar-refractivity contribution in [3.63, 3.8) is 0 Å². The zero-order valence-corrected chi connectivity index (χ0v) is 15.6. The highest BCUT2D eigenvalue weighted by atomic mass is 16.1. The van der Waals surface area contributed by atoms with Gasteiger partial charge >= 0.3 is 0 Å². The molecule has 4 N–H and O–H groups in total. The largest absolute Gasteiger partial charge is 0.381 e. The molecule has 28 heavy (non-hydrogen) atoms. The third-order valence-corrected chi connectivity index (χ3v) is 6.16. The highest BCUT2D eigenvalue weighted by Crippen LogP contribution is 2.38. The summed E-state index contributed by atoms with van der Waals surface area (Å²) in [5.41, 5.74) is 8.77. The van der Waals surface area contributed by atoms with E-state index in [1.807, 2.05) is 24.5 Å². The Bertz CT molecular complexity index is 987. The normalized spacial score (nSPS) is 24.5. The fourth-order valence-corrected chi connectivity index (χ4v) is 4.88. The second-order valence-electron chi connectivity index (χ2n) is 7.84. The van der Waals surface area contributed by atoms with Gasteiger partial charge in [0.25, 0.3) is 5.91 Å². The van der Waals surface area contributed by atoms with Crippen LogP contribution in [-0.2, 0) is 6.54 Å². The molecular formula is C21H24N6O. The Balaban J connectivity index is 1.36. The molecule has 144 valence electrons. The van der Waals surface area contributed by atoms with E-state index in [-0.39, 0.29) is 0 Å². The van der Waals surface area contributed by atoms with Crippen LogP contribution < -0.4 is 11.1 Å². The van der Waals surface area contributed by atoms with Gasteiger partial charge in [-0.2, -0.15) is 0 Å². The molecule has 7 nitrogen and oxygen atoms in total. The van der Waals surface area contributed by atoms with Gasteiger partial charge in [0, 0.05) is 48.6 Å². The third-order valence-electron chi connectivity index (χ3n) is 6.16. The molecule has 0 aromatic carbocycles. The number of nitrogens with two attached hydrogens (primary N) is 1. The lowest BCUT2D eigenvalue weighted by Gasteiger charge is -2.39. The minimum atomic E-state index is -0.450. The fraction of sp³-hybridized carbons (Fsp3) is 0.381. The molecule has 2 aliphatic rings. The number of aromatic nitrogens is 3. The average Bonchev–Trinajstić information content (AvgIpc) is 3.25. The lowest BCUT2D eigenvalue weighted by molar-refractivity contribution is 0.100. The van der Waals surface area contributed by atoms with Crippen LogP contribution in [0.15, 0.2) is 42.9 Å². The SMILES string of the molecule is NC(=O)c1cnc2[nH]ccc2c1NC1C[C@@H]2CC[C@@H](C1)N2Cc1ccccn1. The quantitative estimate of drug-likeness (QED) is 0.636. The molecule has 2 aliphatic heterocycles.